The molecule has 1 aliphatic carbocycles. The lowest BCUT2D eigenvalue weighted by atomic mass is 9.92. The van der Waals surface area contributed by atoms with Crippen molar-refractivity contribution in [2.45, 2.75) is 45.7 Å². The summed E-state index contributed by atoms with van der Waals surface area (Å²) < 4.78 is 21.1. The fourth-order valence-electron chi connectivity index (χ4n) is 4.83. The second-order valence-corrected chi connectivity index (χ2v) is 9.53. The number of rotatable bonds is 6. The van der Waals surface area contributed by atoms with Gasteiger partial charge in [-0.3, -0.25) is 0 Å². The van der Waals surface area contributed by atoms with E-state index in [0.29, 0.717) is 35.6 Å². The number of anilines is 2. The maximum absolute atomic E-state index is 13.5. The van der Waals surface area contributed by atoms with Crippen molar-refractivity contribution in [3.05, 3.63) is 47.1 Å². The predicted octanol–water partition coefficient (Wildman–Crippen LogP) is 4.87. The van der Waals surface area contributed by atoms with Crippen LogP contribution in [0.5, 0.6) is 11.8 Å². The molecule has 2 aliphatic rings. The van der Waals surface area contributed by atoms with Crippen LogP contribution in [-0.2, 0) is 0 Å². The molecule has 2 aromatic heterocycles. The van der Waals surface area contributed by atoms with Crippen molar-refractivity contribution < 1.29 is 9.13 Å². The fraction of sp³-hybridized carbons (Fsp3) is 0.478. The molecule has 1 saturated carbocycles. The Kier molecular flexibility index (Phi) is 5.82. The third-order valence-corrected chi connectivity index (χ3v) is 6.72. The maximum atomic E-state index is 13.5. The molecule has 3 atom stereocenters. The molecule has 8 nitrogen and oxygen atoms in total. The lowest BCUT2D eigenvalue weighted by molar-refractivity contribution is 0.373. The van der Waals surface area contributed by atoms with Crippen LogP contribution in [0, 0.1) is 24.6 Å². The van der Waals surface area contributed by atoms with Gasteiger partial charge in [0, 0.05) is 37.0 Å². The standard InChI is InChI=1S/C23H27ClFN7O/c1-13(2)32-23(33-17-6-7-19(25)18(24)9-17)29-22(30-32)28-21-15-4-5-16(21)11-31(10-15)20-8-14(3)26-12-27-20/h6-9,12-13,15-16,21H,4-5,10-11H2,1-3H3,(H,28,30)/t15-,16+,21-. The normalized spacial score (nSPS) is 22.1. The van der Waals surface area contributed by atoms with Gasteiger partial charge in [0.05, 0.1) is 11.1 Å². The summed E-state index contributed by atoms with van der Waals surface area (Å²) in [7, 11) is 0. The molecule has 1 aliphatic heterocycles. The van der Waals surface area contributed by atoms with Gasteiger partial charge in [-0.1, -0.05) is 11.6 Å². The highest BCUT2D eigenvalue weighted by Gasteiger charge is 2.43. The SMILES string of the molecule is Cc1cc(N2C[C@H]3CC[C@@H](C2)[C@@H]3Nc2nc(Oc3ccc(F)c(Cl)c3)n(C(C)C)n2)ncn1. The molecule has 0 radical (unpaired) electrons. The Morgan fingerprint density at radius 1 is 1.15 bits per heavy atom. The molecule has 3 aromatic rings. The zero-order chi connectivity index (χ0) is 23.1. The van der Waals surface area contributed by atoms with E-state index >= 15 is 0 Å². The highest BCUT2D eigenvalue weighted by Crippen LogP contribution is 2.40. The molecule has 0 unspecified atom stereocenters. The van der Waals surface area contributed by atoms with Crippen molar-refractivity contribution in [3.8, 4) is 11.8 Å². The smallest absolute Gasteiger partial charge is 0.322 e. The molecule has 1 N–H and O–H groups in total. The van der Waals surface area contributed by atoms with Crippen molar-refractivity contribution in [2.24, 2.45) is 11.8 Å². The van der Waals surface area contributed by atoms with E-state index in [1.165, 1.54) is 18.2 Å². The molecular weight excluding hydrogens is 445 g/mol. The van der Waals surface area contributed by atoms with Crippen molar-refractivity contribution in [1.82, 2.24) is 24.7 Å². The zero-order valence-corrected chi connectivity index (χ0v) is 19.6. The summed E-state index contributed by atoms with van der Waals surface area (Å²) in [5.74, 6) is 2.41. The van der Waals surface area contributed by atoms with Crippen LogP contribution in [-0.4, -0.2) is 43.9 Å². The first-order chi connectivity index (χ1) is 15.9. The number of nitrogens with zero attached hydrogens (tertiary/aromatic N) is 6. The number of halogens is 2. The topological polar surface area (TPSA) is 81.0 Å². The van der Waals surface area contributed by atoms with Crippen molar-refractivity contribution in [2.75, 3.05) is 23.3 Å². The zero-order valence-electron chi connectivity index (χ0n) is 18.9. The molecule has 1 saturated heterocycles. The van der Waals surface area contributed by atoms with E-state index in [-0.39, 0.29) is 11.1 Å². The minimum absolute atomic E-state index is 0.00340. The van der Waals surface area contributed by atoms with E-state index in [1.807, 2.05) is 26.8 Å². The van der Waals surface area contributed by atoms with Gasteiger partial charge < -0.3 is 15.0 Å². The Bertz CT molecular complexity index is 1140. The lowest BCUT2D eigenvalue weighted by Gasteiger charge is -2.38. The van der Waals surface area contributed by atoms with Crippen LogP contribution in [0.1, 0.15) is 38.4 Å². The summed E-state index contributed by atoms with van der Waals surface area (Å²) in [6.45, 7) is 7.88. The van der Waals surface area contributed by atoms with Crippen molar-refractivity contribution in [1.29, 1.82) is 0 Å². The van der Waals surface area contributed by atoms with E-state index in [4.69, 9.17) is 16.3 Å². The van der Waals surface area contributed by atoms with E-state index in [9.17, 15) is 4.39 Å². The van der Waals surface area contributed by atoms with Gasteiger partial charge in [-0.2, -0.15) is 4.98 Å². The number of hydrogen-bond donors (Lipinski definition) is 1. The summed E-state index contributed by atoms with van der Waals surface area (Å²) in [4.78, 5) is 15.7. The molecule has 0 spiro atoms. The molecule has 2 fully saturated rings. The van der Waals surface area contributed by atoms with E-state index < -0.39 is 5.82 Å². The predicted molar refractivity (Wildman–Crippen MR) is 124 cm³/mol. The van der Waals surface area contributed by atoms with Crippen LogP contribution in [0.4, 0.5) is 16.2 Å². The van der Waals surface area contributed by atoms with E-state index in [0.717, 1.165) is 37.4 Å². The summed E-state index contributed by atoms with van der Waals surface area (Å²) in [6.07, 6.45) is 3.95. The third kappa shape index (κ3) is 4.46. The van der Waals surface area contributed by atoms with Gasteiger partial charge in [-0.15, -0.1) is 5.10 Å². The molecule has 10 heteroatoms. The maximum Gasteiger partial charge on any atom is 0.322 e. The largest absolute Gasteiger partial charge is 0.424 e. The van der Waals surface area contributed by atoms with Gasteiger partial charge in [0.15, 0.2) is 0 Å². The summed E-state index contributed by atoms with van der Waals surface area (Å²) in [5, 5.41) is 8.24. The van der Waals surface area contributed by atoms with Gasteiger partial charge in [-0.05, 0) is 57.6 Å². The molecule has 33 heavy (non-hydrogen) atoms. The van der Waals surface area contributed by atoms with Crippen LogP contribution in [0.25, 0.3) is 0 Å². The first-order valence-electron chi connectivity index (χ1n) is 11.3. The van der Waals surface area contributed by atoms with E-state index in [1.54, 1.807) is 11.0 Å². The van der Waals surface area contributed by atoms with Gasteiger partial charge in [-0.25, -0.2) is 19.0 Å². The molecule has 174 valence electrons. The Labute approximate surface area is 197 Å². The molecule has 2 bridgehead atoms. The Balaban J connectivity index is 1.32. The average Bonchev–Trinajstić information content (AvgIpc) is 3.27. The number of piperidine rings is 1. The Hall–Kier alpha value is -2.94. The van der Waals surface area contributed by atoms with Crippen LogP contribution >= 0.6 is 11.6 Å². The van der Waals surface area contributed by atoms with Gasteiger partial charge in [0.1, 0.15) is 23.7 Å². The third-order valence-electron chi connectivity index (χ3n) is 6.43. The number of aromatic nitrogens is 5. The van der Waals surface area contributed by atoms with Gasteiger partial charge >= 0.3 is 6.01 Å². The molecule has 5 rings (SSSR count). The molecule has 1 aromatic carbocycles. The number of ether oxygens (including phenoxy) is 1. The van der Waals surface area contributed by atoms with Crippen LogP contribution in [0.2, 0.25) is 5.02 Å². The van der Waals surface area contributed by atoms with Crippen LogP contribution < -0.4 is 15.0 Å². The van der Waals surface area contributed by atoms with Crippen LogP contribution in [0.15, 0.2) is 30.6 Å². The molecule has 3 heterocycles. The highest BCUT2D eigenvalue weighted by atomic mass is 35.5. The number of fused-ring (bicyclic) bond motifs is 2. The summed E-state index contributed by atoms with van der Waals surface area (Å²) >= 11 is 5.90. The number of hydrogen-bond acceptors (Lipinski definition) is 7. The Morgan fingerprint density at radius 3 is 2.58 bits per heavy atom. The minimum Gasteiger partial charge on any atom is -0.424 e. The lowest BCUT2D eigenvalue weighted by Crippen LogP contribution is -2.48. The first-order valence-corrected chi connectivity index (χ1v) is 11.6. The van der Waals surface area contributed by atoms with Crippen LogP contribution in [0.3, 0.4) is 0 Å². The molecule has 0 amide bonds. The minimum atomic E-state index is -0.490. The van der Waals surface area contributed by atoms with E-state index in [2.05, 4.69) is 30.3 Å². The monoisotopic (exact) mass is 471 g/mol. The van der Waals surface area contributed by atoms with Gasteiger partial charge in [0.2, 0.25) is 5.95 Å². The number of nitrogens with one attached hydrogen (secondary N) is 1. The summed E-state index contributed by atoms with van der Waals surface area (Å²) in [6, 6.07) is 6.96. The average molecular weight is 472 g/mol. The van der Waals surface area contributed by atoms with Crippen molar-refractivity contribution in [3.63, 3.8) is 0 Å². The summed E-state index contributed by atoms with van der Waals surface area (Å²) in [5.41, 5.74) is 0.978. The van der Waals surface area contributed by atoms with Crippen molar-refractivity contribution >= 4 is 23.4 Å². The quantitative estimate of drug-likeness (QED) is 0.549. The Morgan fingerprint density at radius 2 is 1.91 bits per heavy atom. The second kappa shape index (κ2) is 8.78. The second-order valence-electron chi connectivity index (χ2n) is 9.12. The number of benzene rings is 1. The van der Waals surface area contributed by atoms with Gasteiger partial charge in [0.25, 0.3) is 0 Å². The number of aryl methyl sites for hydroxylation is 1. The molecular formula is C23H27ClFN7O. The highest BCUT2D eigenvalue weighted by molar-refractivity contribution is 6.30. The fourth-order valence-corrected chi connectivity index (χ4v) is 5.00. The first kappa shape index (κ1) is 21.9.